The maximum absolute atomic E-state index is 12.8. The van der Waals surface area contributed by atoms with E-state index in [1.807, 2.05) is 0 Å². The summed E-state index contributed by atoms with van der Waals surface area (Å²) in [6.45, 7) is 1.73. The summed E-state index contributed by atoms with van der Waals surface area (Å²) in [5, 5.41) is 21.2. The number of rotatable bonds is 6. The molecular formula is C20H19N5O4S. The molecule has 1 unspecified atom stereocenters. The fourth-order valence-electron chi connectivity index (χ4n) is 2.95. The summed E-state index contributed by atoms with van der Waals surface area (Å²) in [5.41, 5.74) is 4.87. The van der Waals surface area contributed by atoms with Gasteiger partial charge in [0.25, 0.3) is 11.6 Å². The number of ether oxygens (including phenoxy) is 1. The number of non-ortho nitro benzene ring substituents is 1. The Morgan fingerprint density at radius 1 is 1.23 bits per heavy atom. The minimum absolute atomic E-state index is 0.0361. The molecule has 0 saturated carbocycles. The summed E-state index contributed by atoms with van der Waals surface area (Å²) in [5.74, 6) is 0.293. The van der Waals surface area contributed by atoms with Crippen molar-refractivity contribution in [3.8, 4) is 5.75 Å². The molecule has 0 saturated heterocycles. The first kappa shape index (κ1) is 20.9. The van der Waals surface area contributed by atoms with Crippen LogP contribution in [0.5, 0.6) is 5.75 Å². The number of amides is 1. The van der Waals surface area contributed by atoms with E-state index in [9.17, 15) is 14.9 Å². The summed E-state index contributed by atoms with van der Waals surface area (Å²) in [7, 11) is 1.58. The van der Waals surface area contributed by atoms with Gasteiger partial charge in [-0.15, -0.1) is 0 Å². The Morgan fingerprint density at radius 3 is 2.50 bits per heavy atom. The molecule has 0 aliphatic carbocycles. The number of thiocarbonyl (C=S) groups is 1. The van der Waals surface area contributed by atoms with Gasteiger partial charge in [-0.3, -0.25) is 14.9 Å². The first-order valence-electron chi connectivity index (χ1n) is 8.89. The van der Waals surface area contributed by atoms with E-state index in [2.05, 4.69) is 21.2 Å². The highest BCUT2D eigenvalue weighted by Gasteiger charge is 2.30. The second-order valence-corrected chi connectivity index (χ2v) is 6.80. The molecule has 9 nitrogen and oxygen atoms in total. The molecule has 10 heteroatoms. The van der Waals surface area contributed by atoms with Crippen molar-refractivity contribution in [1.29, 1.82) is 0 Å². The molecule has 1 heterocycles. The molecule has 154 valence electrons. The Balaban J connectivity index is 1.79. The maximum atomic E-state index is 12.8. The third-order valence-electron chi connectivity index (χ3n) is 4.45. The van der Waals surface area contributed by atoms with Gasteiger partial charge in [-0.25, -0.2) is 5.43 Å². The number of nitro groups is 1. The molecule has 1 atom stereocenters. The zero-order valence-electron chi connectivity index (χ0n) is 16.2. The summed E-state index contributed by atoms with van der Waals surface area (Å²) in [4.78, 5) is 23.3. The lowest BCUT2D eigenvalue weighted by Gasteiger charge is -2.29. The van der Waals surface area contributed by atoms with Crippen LogP contribution >= 0.6 is 12.2 Å². The van der Waals surface area contributed by atoms with Crippen molar-refractivity contribution in [2.24, 2.45) is 5.10 Å². The standard InChI is InChI=1S/C20H19N5O4S/c1-12-17(19(26)24-21-11-13-3-9-16(29-2)10-4-13)18(23-20(30)22-12)14-5-7-15(8-6-14)25(27)28/h3-11,18H,1-2H3,(H,24,26)(H2,22,23,30)/b21-11+. The largest absolute Gasteiger partial charge is 0.497 e. The number of nitrogens with zero attached hydrogens (tertiary/aromatic N) is 2. The van der Waals surface area contributed by atoms with Crippen LogP contribution in [0, 0.1) is 10.1 Å². The van der Waals surface area contributed by atoms with Gasteiger partial charge in [0, 0.05) is 17.8 Å². The summed E-state index contributed by atoms with van der Waals surface area (Å²) >= 11 is 5.20. The van der Waals surface area contributed by atoms with Crippen LogP contribution in [0.4, 0.5) is 5.69 Å². The Morgan fingerprint density at radius 2 is 1.90 bits per heavy atom. The third-order valence-corrected chi connectivity index (χ3v) is 4.67. The van der Waals surface area contributed by atoms with E-state index in [4.69, 9.17) is 17.0 Å². The molecule has 1 amide bonds. The molecule has 0 bridgehead atoms. The molecule has 0 spiro atoms. The first-order chi connectivity index (χ1) is 14.4. The van der Waals surface area contributed by atoms with Crippen molar-refractivity contribution in [2.75, 3.05) is 7.11 Å². The van der Waals surface area contributed by atoms with Gasteiger partial charge in [0.2, 0.25) is 0 Å². The van der Waals surface area contributed by atoms with Crippen LogP contribution in [0.2, 0.25) is 0 Å². The van der Waals surface area contributed by atoms with Crippen molar-refractivity contribution in [3.63, 3.8) is 0 Å². The second-order valence-electron chi connectivity index (χ2n) is 6.39. The number of hydrazone groups is 1. The quantitative estimate of drug-likeness (QED) is 0.282. The Bertz CT molecular complexity index is 1030. The van der Waals surface area contributed by atoms with Gasteiger partial charge in [0.1, 0.15) is 5.75 Å². The van der Waals surface area contributed by atoms with E-state index in [1.54, 1.807) is 50.4 Å². The van der Waals surface area contributed by atoms with Crippen LogP contribution in [-0.4, -0.2) is 29.3 Å². The van der Waals surface area contributed by atoms with Crippen LogP contribution < -0.4 is 20.8 Å². The smallest absolute Gasteiger partial charge is 0.271 e. The fraction of sp³-hybridized carbons (Fsp3) is 0.150. The number of benzene rings is 2. The first-order valence-corrected chi connectivity index (χ1v) is 9.30. The van der Waals surface area contributed by atoms with Gasteiger partial charge in [0.15, 0.2) is 5.11 Å². The van der Waals surface area contributed by atoms with Crippen molar-refractivity contribution in [2.45, 2.75) is 13.0 Å². The number of hydrogen-bond acceptors (Lipinski definition) is 6. The topological polar surface area (TPSA) is 118 Å². The monoisotopic (exact) mass is 425 g/mol. The van der Waals surface area contributed by atoms with Gasteiger partial charge in [-0.05, 0) is 66.7 Å². The Hall–Kier alpha value is -3.79. The van der Waals surface area contributed by atoms with E-state index in [0.29, 0.717) is 21.9 Å². The number of nitrogens with one attached hydrogen (secondary N) is 3. The molecule has 2 aromatic rings. The number of methoxy groups -OCH3 is 1. The summed E-state index contributed by atoms with van der Waals surface area (Å²) in [6.07, 6.45) is 1.52. The molecular weight excluding hydrogens is 406 g/mol. The van der Waals surface area contributed by atoms with Crippen LogP contribution in [0.25, 0.3) is 0 Å². The van der Waals surface area contributed by atoms with Gasteiger partial charge in [0.05, 0.1) is 29.9 Å². The molecule has 0 radical (unpaired) electrons. The molecule has 1 aliphatic rings. The number of carbonyl (C=O) groups excluding carboxylic acids is 1. The predicted octanol–water partition coefficient (Wildman–Crippen LogP) is 2.55. The van der Waals surface area contributed by atoms with Crippen LogP contribution in [0.1, 0.15) is 24.1 Å². The minimum Gasteiger partial charge on any atom is -0.497 e. The number of hydrogen-bond donors (Lipinski definition) is 3. The van der Waals surface area contributed by atoms with Crippen molar-refractivity contribution in [1.82, 2.24) is 16.1 Å². The average molecular weight is 425 g/mol. The van der Waals surface area contributed by atoms with E-state index in [1.165, 1.54) is 18.3 Å². The number of carbonyl (C=O) groups is 1. The lowest BCUT2D eigenvalue weighted by Crippen LogP contribution is -2.46. The Kier molecular flexibility index (Phi) is 6.38. The minimum atomic E-state index is -0.573. The summed E-state index contributed by atoms with van der Waals surface area (Å²) in [6, 6.07) is 12.6. The van der Waals surface area contributed by atoms with Crippen LogP contribution in [-0.2, 0) is 4.79 Å². The zero-order chi connectivity index (χ0) is 21.7. The molecule has 0 fully saturated rings. The molecule has 0 aromatic heterocycles. The highest BCUT2D eigenvalue weighted by Crippen LogP contribution is 2.28. The predicted molar refractivity (Wildman–Crippen MR) is 116 cm³/mol. The van der Waals surface area contributed by atoms with Gasteiger partial charge in [-0.1, -0.05) is 0 Å². The molecule has 30 heavy (non-hydrogen) atoms. The van der Waals surface area contributed by atoms with Crippen molar-refractivity contribution < 1.29 is 14.5 Å². The van der Waals surface area contributed by atoms with Gasteiger partial charge >= 0.3 is 0 Å². The molecule has 3 N–H and O–H groups in total. The van der Waals surface area contributed by atoms with E-state index in [0.717, 1.165) is 11.3 Å². The average Bonchev–Trinajstić information content (AvgIpc) is 2.73. The van der Waals surface area contributed by atoms with E-state index in [-0.39, 0.29) is 5.69 Å². The highest BCUT2D eigenvalue weighted by atomic mass is 32.1. The molecule has 3 rings (SSSR count). The van der Waals surface area contributed by atoms with Crippen molar-refractivity contribution in [3.05, 3.63) is 81.0 Å². The normalized spacial score (nSPS) is 16.1. The molecule has 2 aromatic carbocycles. The fourth-order valence-corrected chi connectivity index (χ4v) is 3.22. The maximum Gasteiger partial charge on any atom is 0.271 e. The molecule has 1 aliphatic heterocycles. The van der Waals surface area contributed by atoms with Crippen LogP contribution in [0.3, 0.4) is 0 Å². The second kappa shape index (κ2) is 9.14. The van der Waals surface area contributed by atoms with E-state index >= 15 is 0 Å². The van der Waals surface area contributed by atoms with Crippen LogP contribution in [0.15, 0.2) is 64.9 Å². The number of allylic oxidation sites excluding steroid dienone is 1. The SMILES string of the molecule is COc1ccc(/C=N/NC(=O)C2=C(C)NC(=S)NC2c2ccc([N+](=O)[O-])cc2)cc1. The summed E-state index contributed by atoms with van der Waals surface area (Å²) < 4.78 is 5.10. The number of nitro benzene ring substituents is 1. The highest BCUT2D eigenvalue weighted by molar-refractivity contribution is 7.80. The van der Waals surface area contributed by atoms with Gasteiger partial charge in [-0.2, -0.15) is 5.10 Å². The lowest BCUT2D eigenvalue weighted by atomic mass is 9.95. The Labute approximate surface area is 178 Å². The third kappa shape index (κ3) is 4.78. The lowest BCUT2D eigenvalue weighted by molar-refractivity contribution is -0.384. The van der Waals surface area contributed by atoms with E-state index < -0.39 is 16.9 Å². The van der Waals surface area contributed by atoms with Crippen molar-refractivity contribution >= 4 is 35.1 Å². The zero-order valence-corrected chi connectivity index (χ0v) is 17.0. The van der Waals surface area contributed by atoms with Gasteiger partial charge < -0.3 is 15.4 Å².